The highest BCUT2D eigenvalue weighted by molar-refractivity contribution is 6.28. The number of hydrogen-bond donors (Lipinski definition) is 1. The van der Waals surface area contributed by atoms with E-state index >= 15 is 0 Å². The zero-order valence-corrected chi connectivity index (χ0v) is 12.3. The normalized spacial score (nSPS) is 14.6. The first-order valence-corrected chi connectivity index (χ1v) is 7.10. The van der Waals surface area contributed by atoms with Gasteiger partial charge in [-0.15, -0.1) is 0 Å². The summed E-state index contributed by atoms with van der Waals surface area (Å²) in [5, 5.41) is 3.95. The standard InChI is InChI=1S/C10H4ClN3O2.C4H9NO/c11-10-13-3-7-8(14-10)6-1-5(4-15)2-12-9(6)16-7;1-3-6-4-2-5-1/h1-4H;5H,1-4H2. The minimum Gasteiger partial charge on any atom is -0.434 e. The summed E-state index contributed by atoms with van der Waals surface area (Å²) in [5.74, 6) is 0. The molecule has 8 heteroatoms. The van der Waals surface area contributed by atoms with Crippen molar-refractivity contribution in [3.63, 3.8) is 0 Å². The molecule has 22 heavy (non-hydrogen) atoms. The van der Waals surface area contributed by atoms with Crippen molar-refractivity contribution in [1.29, 1.82) is 0 Å². The van der Waals surface area contributed by atoms with Crippen LogP contribution in [-0.2, 0) is 4.74 Å². The molecule has 1 N–H and O–H groups in total. The zero-order chi connectivity index (χ0) is 15.4. The molecule has 1 saturated heterocycles. The van der Waals surface area contributed by atoms with E-state index in [1.165, 1.54) is 12.4 Å². The van der Waals surface area contributed by atoms with Crippen molar-refractivity contribution >= 4 is 40.1 Å². The fraction of sp³-hybridized carbons (Fsp3) is 0.286. The number of carbonyl (C=O) groups is 1. The molecule has 3 aromatic heterocycles. The molecular formula is C14H13ClN4O3. The Morgan fingerprint density at radius 3 is 2.68 bits per heavy atom. The van der Waals surface area contributed by atoms with Crippen LogP contribution in [-0.4, -0.2) is 47.5 Å². The van der Waals surface area contributed by atoms with Gasteiger partial charge in [0.05, 0.1) is 24.8 Å². The number of rotatable bonds is 1. The molecule has 4 rings (SSSR count). The average molecular weight is 321 g/mol. The van der Waals surface area contributed by atoms with Crippen LogP contribution in [0.4, 0.5) is 0 Å². The molecule has 0 radical (unpaired) electrons. The molecule has 0 aliphatic carbocycles. The van der Waals surface area contributed by atoms with E-state index in [0.29, 0.717) is 34.0 Å². The second kappa shape index (κ2) is 6.78. The summed E-state index contributed by atoms with van der Waals surface area (Å²) in [7, 11) is 0. The van der Waals surface area contributed by atoms with Crippen molar-refractivity contribution in [1.82, 2.24) is 20.3 Å². The van der Waals surface area contributed by atoms with Crippen LogP contribution >= 0.6 is 11.6 Å². The molecule has 3 aromatic rings. The fourth-order valence-corrected chi connectivity index (χ4v) is 2.15. The van der Waals surface area contributed by atoms with E-state index < -0.39 is 0 Å². The van der Waals surface area contributed by atoms with Gasteiger partial charge in [0.25, 0.3) is 0 Å². The molecule has 0 spiro atoms. The summed E-state index contributed by atoms with van der Waals surface area (Å²) >= 11 is 5.70. The predicted octanol–water partition coefficient (Wildman–Crippen LogP) is 1.84. The number of carbonyl (C=O) groups excluding carboxylic acids is 1. The second-order valence-corrected chi connectivity index (χ2v) is 4.89. The van der Waals surface area contributed by atoms with Gasteiger partial charge in [-0.1, -0.05) is 0 Å². The van der Waals surface area contributed by atoms with Gasteiger partial charge in [-0.2, -0.15) is 0 Å². The Labute approximate surface area is 130 Å². The van der Waals surface area contributed by atoms with Crippen LogP contribution in [0.1, 0.15) is 10.4 Å². The smallest absolute Gasteiger partial charge is 0.229 e. The van der Waals surface area contributed by atoms with Gasteiger partial charge in [-0.25, -0.2) is 15.0 Å². The molecular weight excluding hydrogens is 308 g/mol. The Balaban J connectivity index is 0.000000202. The lowest BCUT2D eigenvalue weighted by molar-refractivity contribution is 0.109. The van der Waals surface area contributed by atoms with Crippen LogP contribution in [0.2, 0.25) is 5.28 Å². The summed E-state index contributed by atoms with van der Waals surface area (Å²) in [5.41, 5.74) is 1.93. The second-order valence-electron chi connectivity index (χ2n) is 4.56. The van der Waals surface area contributed by atoms with E-state index in [2.05, 4.69) is 20.3 Å². The first kappa shape index (κ1) is 14.8. The average Bonchev–Trinajstić information content (AvgIpc) is 2.94. The SMILES string of the molecule is C1COCCN1.O=Cc1cnc2oc3cnc(Cl)nc3c2c1. The van der Waals surface area contributed by atoms with E-state index in [4.69, 9.17) is 20.8 Å². The van der Waals surface area contributed by atoms with Gasteiger partial charge < -0.3 is 14.5 Å². The number of furan rings is 1. The highest BCUT2D eigenvalue weighted by Crippen LogP contribution is 2.26. The van der Waals surface area contributed by atoms with Crippen LogP contribution < -0.4 is 5.32 Å². The van der Waals surface area contributed by atoms with Crippen LogP contribution in [0, 0.1) is 0 Å². The summed E-state index contributed by atoms with van der Waals surface area (Å²) in [6.07, 6.45) is 3.63. The lowest BCUT2D eigenvalue weighted by Gasteiger charge is -2.10. The molecule has 1 aliphatic rings. The fourth-order valence-electron chi connectivity index (χ4n) is 2.02. The van der Waals surface area contributed by atoms with Gasteiger partial charge in [0, 0.05) is 24.8 Å². The number of pyridine rings is 1. The number of ether oxygens (including phenoxy) is 1. The number of halogens is 1. The maximum absolute atomic E-state index is 10.6. The van der Waals surface area contributed by atoms with Gasteiger partial charge in [0.2, 0.25) is 11.0 Å². The molecule has 0 aromatic carbocycles. The van der Waals surface area contributed by atoms with Crippen LogP contribution in [0.3, 0.4) is 0 Å². The molecule has 1 fully saturated rings. The Hall–Kier alpha value is -2.09. The molecule has 1 aliphatic heterocycles. The Morgan fingerprint density at radius 1 is 1.23 bits per heavy atom. The number of hydrogen-bond acceptors (Lipinski definition) is 7. The van der Waals surface area contributed by atoms with Gasteiger partial charge in [0.15, 0.2) is 11.9 Å². The topological polar surface area (TPSA) is 90.1 Å². The minimum atomic E-state index is 0.131. The Kier molecular flexibility index (Phi) is 4.57. The van der Waals surface area contributed by atoms with Gasteiger partial charge in [-0.05, 0) is 17.7 Å². The maximum atomic E-state index is 10.6. The molecule has 0 amide bonds. The van der Waals surface area contributed by atoms with Crippen molar-refractivity contribution in [2.24, 2.45) is 0 Å². The number of nitrogens with zero attached hydrogens (tertiary/aromatic N) is 3. The van der Waals surface area contributed by atoms with Crippen LogP contribution in [0.15, 0.2) is 22.9 Å². The monoisotopic (exact) mass is 320 g/mol. The molecule has 0 unspecified atom stereocenters. The van der Waals surface area contributed by atoms with Gasteiger partial charge >= 0.3 is 0 Å². The lowest BCUT2D eigenvalue weighted by atomic mass is 10.2. The van der Waals surface area contributed by atoms with Crippen molar-refractivity contribution in [2.45, 2.75) is 0 Å². The van der Waals surface area contributed by atoms with E-state index in [9.17, 15) is 4.79 Å². The van der Waals surface area contributed by atoms with Crippen LogP contribution in [0.5, 0.6) is 0 Å². The quantitative estimate of drug-likeness (QED) is 0.540. The molecule has 0 saturated carbocycles. The third-order valence-electron chi connectivity index (χ3n) is 3.04. The van der Waals surface area contributed by atoms with E-state index in [1.807, 2.05) is 0 Å². The number of nitrogens with one attached hydrogen (secondary N) is 1. The summed E-state index contributed by atoms with van der Waals surface area (Å²) in [4.78, 5) is 22.5. The predicted molar refractivity (Wildman–Crippen MR) is 81.2 cm³/mol. The van der Waals surface area contributed by atoms with Crippen molar-refractivity contribution < 1.29 is 13.9 Å². The van der Waals surface area contributed by atoms with E-state index in [0.717, 1.165) is 26.3 Å². The van der Waals surface area contributed by atoms with E-state index in [1.54, 1.807) is 6.07 Å². The first-order valence-electron chi connectivity index (χ1n) is 6.72. The number of aromatic nitrogens is 3. The third kappa shape index (κ3) is 3.22. The highest BCUT2D eigenvalue weighted by Gasteiger charge is 2.10. The van der Waals surface area contributed by atoms with Crippen molar-refractivity contribution in [2.75, 3.05) is 26.3 Å². The number of fused-ring (bicyclic) bond motifs is 3. The maximum Gasteiger partial charge on any atom is 0.229 e. The molecule has 7 nitrogen and oxygen atoms in total. The number of morpholine rings is 1. The van der Waals surface area contributed by atoms with Crippen molar-refractivity contribution in [3.05, 3.63) is 29.3 Å². The zero-order valence-electron chi connectivity index (χ0n) is 11.6. The number of aldehydes is 1. The van der Waals surface area contributed by atoms with E-state index in [-0.39, 0.29) is 5.28 Å². The van der Waals surface area contributed by atoms with Crippen LogP contribution in [0.25, 0.3) is 22.2 Å². The van der Waals surface area contributed by atoms with Gasteiger partial charge in [-0.3, -0.25) is 4.79 Å². The molecule has 114 valence electrons. The summed E-state index contributed by atoms with van der Waals surface area (Å²) in [6.45, 7) is 3.83. The summed E-state index contributed by atoms with van der Waals surface area (Å²) < 4.78 is 10.4. The van der Waals surface area contributed by atoms with Gasteiger partial charge in [0.1, 0.15) is 5.52 Å². The molecule has 0 atom stereocenters. The molecule has 4 heterocycles. The Morgan fingerprint density at radius 2 is 2.05 bits per heavy atom. The lowest BCUT2D eigenvalue weighted by Crippen LogP contribution is -2.30. The molecule has 0 bridgehead atoms. The Bertz CT molecular complexity index is 790. The summed E-state index contributed by atoms with van der Waals surface area (Å²) in [6, 6.07) is 1.66. The van der Waals surface area contributed by atoms with Crippen molar-refractivity contribution in [3.8, 4) is 0 Å². The first-order chi connectivity index (χ1) is 10.8. The third-order valence-corrected chi connectivity index (χ3v) is 3.22. The minimum absolute atomic E-state index is 0.131. The highest BCUT2D eigenvalue weighted by atomic mass is 35.5. The largest absolute Gasteiger partial charge is 0.434 e.